The predicted octanol–water partition coefficient (Wildman–Crippen LogP) is 5.54. The zero-order valence-corrected chi connectivity index (χ0v) is 12.5. The maximum Gasteiger partial charge on any atom is -0.00998 e. The van der Waals surface area contributed by atoms with Gasteiger partial charge in [0.05, 0.1) is 0 Å². The Kier molecular flexibility index (Phi) is 5.34. The Bertz CT molecular complexity index is 601. The maximum absolute atomic E-state index is 3.84. The predicted molar refractivity (Wildman–Crippen MR) is 93.6 cm³/mol. The summed E-state index contributed by atoms with van der Waals surface area (Å²) in [4.78, 5) is 0. The van der Waals surface area contributed by atoms with Crippen LogP contribution in [0.3, 0.4) is 0 Å². The third-order valence-electron chi connectivity index (χ3n) is 3.48. The van der Waals surface area contributed by atoms with Crippen molar-refractivity contribution >= 4 is 0 Å². The lowest BCUT2D eigenvalue weighted by atomic mass is 9.96. The Morgan fingerprint density at radius 2 is 1.05 bits per heavy atom. The zero-order valence-electron chi connectivity index (χ0n) is 12.5. The van der Waals surface area contributed by atoms with E-state index in [4.69, 9.17) is 0 Å². The van der Waals surface area contributed by atoms with E-state index in [1.54, 1.807) is 0 Å². The lowest BCUT2D eigenvalue weighted by Crippen LogP contribution is -1.90. The van der Waals surface area contributed by atoms with Crippen LogP contribution in [0.4, 0.5) is 0 Å². The molecule has 0 fully saturated rings. The van der Waals surface area contributed by atoms with Crippen molar-refractivity contribution in [2.75, 3.05) is 0 Å². The van der Waals surface area contributed by atoms with E-state index in [9.17, 15) is 0 Å². The SMILES string of the molecule is C=CCc1ccc(-c2cc(CC=C)cc(CC=C)c2)cc1. The molecule has 0 radical (unpaired) electrons. The number of allylic oxidation sites excluding steroid dienone is 3. The van der Waals surface area contributed by atoms with Gasteiger partial charge in [0.25, 0.3) is 0 Å². The smallest absolute Gasteiger partial charge is 0.00998 e. The summed E-state index contributed by atoms with van der Waals surface area (Å²) in [6.45, 7) is 11.5. The van der Waals surface area contributed by atoms with E-state index in [1.165, 1.54) is 27.8 Å². The van der Waals surface area contributed by atoms with Crippen LogP contribution in [0.5, 0.6) is 0 Å². The molecule has 0 aliphatic rings. The Labute approximate surface area is 128 Å². The highest BCUT2D eigenvalue weighted by Crippen LogP contribution is 2.24. The second-order valence-electron chi connectivity index (χ2n) is 5.21. The van der Waals surface area contributed by atoms with Gasteiger partial charge >= 0.3 is 0 Å². The minimum atomic E-state index is 0.895. The molecule has 0 aliphatic heterocycles. The molecule has 21 heavy (non-hydrogen) atoms. The van der Waals surface area contributed by atoms with E-state index in [0.29, 0.717) is 0 Å². The van der Waals surface area contributed by atoms with Gasteiger partial charge in [-0.3, -0.25) is 0 Å². The third-order valence-corrected chi connectivity index (χ3v) is 3.48. The largest absolute Gasteiger partial charge is 0.103 e. The van der Waals surface area contributed by atoms with E-state index in [-0.39, 0.29) is 0 Å². The summed E-state index contributed by atoms with van der Waals surface area (Å²) in [5, 5.41) is 0. The first-order valence-corrected chi connectivity index (χ1v) is 7.31. The van der Waals surface area contributed by atoms with E-state index < -0.39 is 0 Å². The van der Waals surface area contributed by atoms with Crippen LogP contribution >= 0.6 is 0 Å². The van der Waals surface area contributed by atoms with Crippen molar-refractivity contribution in [3.05, 3.63) is 97.1 Å². The third kappa shape index (κ3) is 4.06. The van der Waals surface area contributed by atoms with E-state index in [0.717, 1.165) is 19.3 Å². The molecule has 0 saturated heterocycles. The normalized spacial score (nSPS) is 10.1. The Balaban J connectivity index is 2.38. The molecule has 0 spiro atoms. The molecule has 0 bridgehead atoms. The van der Waals surface area contributed by atoms with Crippen LogP contribution in [-0.4, -0.2) is 0 Å². The fourth-order valence-corrected chi connectivity index (χ4v) is 2.50. The standard InChI is InChI=1S/C21H22/c1-4-7-17-10-12-20(13-11-17)21-15-18(8-5-2)14-19(16-21)9-6-3/h4-6,10-16H,1-3,7-9H2. The van der Waals surface area contributed by atoms with Gasteiger partial charge in [0.1, 0.15) is 0 Å². The second-order valence-corrected chi connectivity index (χ2v) is 5.21. The summed E-state index contributed by atoms with van der Waals surface area (Å²) >= 11 is 0. The highest BCUT2D eigenvalue weighted by Gasteiger charge is 2.03. The van der Waals surface area contributed by atoms with Crippen LogP contribution < -0.4 is 0 Å². The molecule has 0 unspecified atom stereocenters. The van der Waals surface area contributed by atoms with Gasteiger partial charge in [0.2, 0.25) is 0 Å². The molecule has 0 aliphatic carbocycles. The van der Waals surface area contributed by atoms with Crippen LogP contribution in [0.1, 0.15) is 16.7 Å². The molecule has 0 atom stereocenters. The first-order valence-electron chi connectivity index (χ1n) is 7.31. The quantitative estimate of drug-likeness (QED) is 0.582. The summed E-state index contributed by atoms with van der Waals surface area (Å²) in [5.41, 5.74) is 6.40. The molecule has 0 heteroatoms. The first-order chi connectivity index (χ1) is 10.3. The van der Waals surface area contributed by atoms with Gasteiger partial charge in [0.15, 0.2) is 0 Å². The minimum Gasteiger partial charge on any atom is -0.103 e. The van der Waals surface area contributed by atoms with Crippen LogP contribution in [0.15, 0.2) is 80.4 Å². The highest BCUT2D eigenvalue weighted by molar-refractivity contribution is 5.65. The fourth-order valence-electron chi connectivity index (χ4n) is 2.50. The zero-order chi connectivity index (χ0) is 15.1. The van der Waals surface area contributed by atoms with Crippen molar-refractivity contribution in [2.45, 2.75) is 19.3 Å². The molecule has 2 rings (SSSR count). The van der Waals surface area contributed by atoms with Gasteiger partial charge in [-0.2, -0.15) is 0 Å². The van der Waals surface area contributed by atoms with Gasteiger partial charge < -0.3 is 0 Å². The van der Waals surface area contributed by atoms with Gasteiger partial charge in [0, 0.05) is 0 Å². The van der Waals surface area contributed by atoms with Crippen LogP contribution in [0.2, 0.25) is 0 Å². The van der Waals surface area contributed by atoms with Crippen LogP contribution in [0, 0.1) is 0 Å². The van der Waals surface area contributed by atoms with E-state index >= 15 is 0 Å². The Morgan fingerprint density at radius 3 is 1.52 bits per heavy atom. The summed E-state index contributed by atoms with van der Waals surface area (Å²) in [6, 6.07) is 15.4. The molecule has 0 heterocycles. The molecular weight excluding hydrogens is 252 g/mol. The van der Waals surface area contributed by atoms with E-state index in [1.807, 2.05) is 18.2 Å². The Hall–Kier alpha value is -2.34. The van der Waals surface area contributed by atoms with Crippen molar-refractivity contribution in [1.82, 2.24) is 0 Å². The first kappa shape index (κ1) is 15.1. The average molecular weight is 274 g/mol. The molecule has 2 aromatic rings. The second kappa shape index (κ2) is 7.44. The van der Waals surface area contributed by atoms with Crippen molar-refractivity contribution in [1.29, 1.82) is 0 Å². The molecule has 106 valence electrons. The Morgan fingerprint density at radius 1 is 0.571 bits per heavy atom. The summed E-state index contributed by atoms with van der Waals surface area (Å²) in [6.07, 6.45) is 8.54. The molecule has 0 nitrogen and oxygen atoms in total. The molecule has 0 N–H and O–H groups in total. The van der Waals surface area contributed by atoms with Gasteiger partial charge in [-0.1, -0.05) is 60.7 Å². The number of rotatable bonds is 7. The van der Waals surface area contributed by atoms with Gasteiger partial charge in [-0.25, -0.2) is 0 Å². The number of hydrogen-bond donors (Lipinski definition) is 0. The molecule has 2 aromatic carbocycles. The summed E-state index contributed by atoms with van der Waals surface area (Å²) in [5.74, 6) is 0. The number of hydrogen-bond acceptors (Lipinski definition) is 0. The molecular formula is C21H22. The van der Waals surface area contributed by atoms with Crippen molar-refractivity contribution in [2.24, 2.45) is 0 Å². The van der Waals surface area contributed by atoms with Crippen LogP contribution in [0.25, 0.3) is 11.1 Å². The van der Waals surface area contributed by atoms with Crippen molar-refractivity contribution in [3.63, 3.8) is 0 Å². The fraction of sp³-hybridized carbons (Fsp3) is 0.143. The maximum atomic E-state index is 3.84. The van der Waals surface area contributed by atoms with Crippen molar-refractivity contribution < 1.29 is 0 Å². The average Bonchev–Trinajstić information content (AvgIpc) is 2.49. The van der Waals surface area contributed by atoms with E-state index in [2.05, 4.69) is 62.2 Å². The topological polar surface area (TPSA) is 0 Å². The summed E-state index contributed by atoms with van der Waals surface area (Å²) < 4.78 is 0. The van der Waals surface area contributed by atoms with Gasteiger partial charge in [-0.15, -0.1) is 19.7 Å². The number of benzene rings is 2. The van der Waals surface area contributed by atoms with Crippen LogP contribution in [-0.2, 0) is 19.3 Å². The minimum absolute atomic E-state index is 0.895. The van der Waals surface area contributed by atoms with Crippen molar-refractivity contribution in [3.8, 4) is 11.1 Å². The monoisotopic (exact) mass is 274 g/mol. The summed E-state index contributed by atoms with van der Waals surface area (Å²) in [7, 11) is 0. The lowest BCUT2D eigenvalue weighted by Gasteiger charge is -2.09. The van der Waals surface area contributed by atoms with Gasteiger partial charge in [-0.05, 0) is 47.1 Å². The molecule has 0 saturated carbocycles. The lowest BCUT2D eigenvalue weighted by molar-refractivity contribution is 1.21. The highest BCUT2D eigenvalue weighted by atomic mass is 14.1. The molecule has 0 aromatic heterocycles. The molecule has 0 amide bonds.